The lowest BCUT2D eigenvalue weighted by Crippen LogP contribution is -2.24. The van der Waals surface area contributed by atoms with Gasteiger partial charge in [-0.3, -0.25) is 9.59 Å². The van der Waals surface area contributed by atoms with Gasteiger partial charge in [0.25, 0.3) is 5.91 Å². The standard InChI is InChI=1S/C18H19F3N6O3/c1-2-12-8-25-30-16(12)17(29)23-9-13-10-27-14(26-13)5-11(7-24-27)6-22-15(28)3-4-18(19,20)21/h5,7-8,10H,2-4,6,9H2,1H3,(H,22,28)(H,23,29). The van der Waals surface area contributed by atoms with Gasteiger partial charge in [-0.1, -0.05) is 12.1 Å². The van der Waals surface area contributed by atoms with Crippen molar-refractivity contribution in [1.29, 1.82) is 0 Å². The third-order valence-electron chi connectivity index (χ3n) is 4.21. The first-order valence-electron chi connectivity index (χ1n) is 9.13. The van der Waals surface area contributed by atoms with Gasteiger partial charge < -0.3 is 15.2 Å². The van der Waals surface area contributed by atoms with Crippen molar-refractivity contribution in [3.63, 3.8) is 0 Å². The van der Waals surface area contributed by atoms with Gasteiger partial charge in [0.05, 0.1) is 37.3 Å². The van der Waals surface area contributed by atoms with Crippen LogP contribution < -0.4 is 10.6 Å². The maximum atomic E-state index is 12.2. The maximum absolute atomic E-state index is 12.2. The summed E-state index contributed by atoms with van der Waals surface area (Å²) in [5.74, 6) is -0.947. The zero-order valence-corrected chi connectivity index (χ0v) is 16.0. The van der Waals surface area contributed by atoms with E-state index in [0.717, 1.165) is 0 Å². The van der Waals surface area contributed by atoms with E-state index >= 15 is 0 Å². The molecule has 9 nitrogen and oxygen atoms in total. The Kier molecular flexibility index (Phi) is 6.33. The van der Waals surface area contributed by atoms with Crippen molar-refractivity contribution >= 4 is 17.5 Å². The van der Waals surface area contributed by atoms with Gasteiger partial charge in [-0.25, -0.2) is 9.50 Å². The summed E-state index contributed by atoms with van der Waals surface area (Å²) in [5, 5.41) is 12.9. The van der Waals surface area contributed by atoms with Crippen LogP contribution in [0.15, 0.2) is 29.2 Å². The number of imidazole rings is 1. The molecule has 2 amide bonds. The highest BCUT2D eigenvalue weighted by atomic mass is 19.4. The number of carbonyl (C=O) groups excluding carboxylic acids is 2. The molecule has 30 heavy (non-hydrogen) atoms. The van der Waals surface area contributed by atoms with Crippen LogP contribution >= 0.6 is 0 Å². The molecule has 0 bridgehead atoms. The van der Waals surface area contributed by atoms with Crippen LogP contribution in [-0.2, 0) is 24.3 Å². The zero-order chi connectivity index (χ0) is 21.7. The number of halogens is 3. The van der Waals surface area contributed by atoms with E-state index < -0.39 is 30.8 Å². The highest BCUT2D eigenvalue weighted by Crippen LogP contribution is 2.21. The molecule has 2 N–H and O–H groups in total. The molecule has 12 heteroatoms. The molecule has 0 aliphatic carbocycles. The summed E-state index contributed by atoms with van der Waals surface area (Å²) < 4.78 is 42.9. The lowest BCUT2D eigenvalue weighted by atomic mass is 10.2. The Morgan fingerprint density at radius 2 is 2.00 bits per heavy atom. The SMILES string of the molecule is CCc1cnoc1C(=O)NCc1cn2ncc(CNC(=O)CCC(F)(F)F)cc2n1. The van der Waals surface area contributed by atoms with Crippen molar-refractivity contribution < 1.29 is 27.3 Å². The summed E-state index contributed by atoms with van der Waals surface area (Å²) in [6.45, 7) is 2.05. The smallest absolute Gasteiger partial charge is 0.352 e. The van der Waals surface area contributed by atoms with Crippen LogP contribution in [0.2, 0.25) is 0 Å². The quantitative estimate of drug-likeness (QED) is 0.573. The van der Waals surface area contributed by atoms with Gasteiger partial charge in [0.15, 0.2) is 5.65 Å². The van der Waals surface area contributed by atoms with E-state index in [0.29, 0.717) is 28.9 Å². The van der Waals surface area contributed by atoms with Gasteiger partial charge in [-0.15, -0.1) is 0 Å². The molecule has 0 aliphatic heterocycles. The Labute approximate surface area is 168 Å². The number of hydrogen-bond acceptors (Lipinski definition) is 6. The van der Waals surface area contributed by atoms with Crippen molar-refractivity contribution in [3.8, 4) is 0 Å². The number of aromatic nitrogens is 4. The first kappa shape index (κ1) is 21.3. The van der Waals surface area contributed by atoms with Crippen LogP contribution in [0.5, 0.6) is 0 Å². The molecule has 0 aromatic carbocycles. The van der Waals surface area contributed by atoms with Gasteiger partial charge in [0, 0.05) is 18.5 Å². The van der Waals surface area contributed by atoms with Crippen molar-refractivity contribution in [3.05, 3.63) is 47.2 Å². The van der Waals surface area contributed by atoms with E-state index in [1.54, 1.807) is 12.3 Å². The third kappa shape index (κ3) is 5.55. The number of hydrogen-bond donors (Lipinski definition) is 2. The molecule has 3 heterocycles. The molecule has 0 aliphatic rings. The van der Waals surface area contributed by atoms with Crippen molar-refractivity contribution in [1.82, 2.24) is 30.4 Å². The van der Waals surface area contributed by atoms with Crippen LogP contribution in [0.4, 0.5) is 13.2 Å². The van der Waals surface area contributed by atoms with Crippen LogP contribution in [0.1, 0.15) is 47.1 Å². The van der Waals surface area contributed by atoms with Gasteiger partial charge in [-0.05, 0) is 18.1 Å². The van der Waals surface area contributed by atoms with Crippen molar-refractivity contribution in [2.45, 2.75) is 45.5 Å². The average molecular weight is 424 g/mol. The fraction of sp³-hybridized carbons (Fsp3) is 0.389. The normalized spacial score (nSPS) is 11.6. The summed E-state index contributed by atoms with van der Waals surface area (Å²) in [6.07, 6.45) is -0.958. The molecular weight excluding hydrogens is 405 g/mol. The number of fused-ring (bicyclic) bond motifs is 1. The molecule has 0 saturated carbocycles. The van der Waals surface area contributed by atoms with E-state index in [-0.39, 0.29) is 18.8 Å². The molecule has 0 unspecified atom stereocenters. The van der Waals surface area contributed by atoms with E-state index in [1.807, 2.05) is 6.92 Å². The molecule has 3 rings (SSSR count). The molecule has 0 atom stereocenters. The fourth-order valence-electron chi connectivity index (χ4n) is 2.64. The second kappa shape index (κ2) is 8.93. The average Bonchev–Trinajstić information content (AvgIpc) is 3.34. The highest BCUT2D eigenvalue weighted by molar-refractivity contribution is 5.92. The topological polar surface area (TPSA) is 114 Å². The molecule has 3 aromatic heterocycles. The molecule has 0 saturated heterocycles. The van der Waals surface area contributed by atoms with E-state index in [1.165, 1.54) is 16.9 Å². The molecule has 0 spiro atoms. The number of nitrogens with one attached hydrogen (secondary N) is 2. The highest BCUT2D eigenvalue weighted by Gasteiger charge is 2.27. The summed E-state index contributed by atoms with van der Waals surface area (Å²) in [6, 6.07) is 1.65. The maximum Gasteiger partial charge on any atom is 0.389 e. The first-order chi connectivity index (χ1) is 14.2. The lowest BCUT2D eigenvalue weighted by Gasteiger charge is -2.07. The van der Waals surface area contributed by atoms with Crippen molar-refractivity contribution in [2.75, 3.05) is 0 Å². The molecule has 0 radical (unpaired) electrons. The van der Waals surface area contributed by atoms with E-state index in [2.05, 4.69) is 25.9 Å². The molecular formula is C18H19F3N6O3. The van der Waals surface area contributed by atoms with E-state index in [9.17, 15) is 22.8 Å². The Morgan fingerprint density at radius 1 is 1.20 bits per heavy atom. The van der Waals surface area contributed by atoms with Crippen LogP contribution in [0, 0.1) is 0 Å². The van der Waals surface area contributed by atoms with Crippen molar-refractivity contribution in [2.24, 2.45) is 0 Å². The minimum atomic E-state index is -4.37. The largest absolute Gasteiger partial charge is 0.389 e. The second-order valence-corrected chi connectivity index (χ2v) is 6.51. The predicted octanol–water partition coefficient (Wildman–Crippen LogP) is 2.17. The predicted molar refractivity (Wildman–Crippen MR) is 97.2 cm³/mol. The second-order valence-electron chi connectivity index (χ2n) is 6.51. The van der Waals surface area contributed by atoms with Crippen LogP contribution in [-0.4, -0.2) is 37.7 Å². The van der Waals surface area contributed by atoms with Gasteiger partial charge in [0.2, 0.25) is 11.7 Å². The van der Waals surface area contributed by atoms with Crippen LogP contribution in [0.3, 0.4) is 0 Å². The van der Waals surface area contributed by atoms with E-state index in [4.69, 9.17) is 4.52 Å². The monoisotopic (exact) mass is 424 g/mol. The third-order valence-corrected chi connectivity index (χ3v) is 4.21. The zero-order valence-electron chi connectivity index (χ0n) is 16.0. The van der Waals surface area contributed by atoms with Gasteiger partial charge in [-0.2, -0.15) is 18.3 Å². The molecule has 160 valence electrons. The summed E-state index contributed by atoms with van der Waals surface area (Å²) in [7, 11) is 0. The first-order valence-corrected chi connectivity index (χ1v) is 9.13. The minimum absolute atomic E-state index is 0.0322. The lowest BCUT2D eigenvalue weighted by molar-refractivity contribution is -0.144. The fourth-order valence-corrected chi connectivity index (χ4v) is 2.64. The number of amides is 2. The van der Waals surface area contributed by atoms with Gasteiger partial charge >= 0.3 is 6.18 Å². The van der Waals surface area contributed by atoms with Gasteiger partial charge in [0.1, 0.15) is 0 Å². The van der Waals surface area contributed by atoms with Crippen LogP contribution in [0.25, 0.3) is 5.65 Å². The Morgan fingerprint density at radius 3 is 2.73 bits per heavy atom. The Balaban J connectivity index is 1.56. The summed E-state index contributed by atoms with van der Waals surface area (Å²) in [5.41, 5.74) is 2.29. The number of carbonyl (C=O) groups is 2. The molecule has 0 fully saturated rings. The Bertz CT molecular complexity index is 1040. The Hall–Kier alpha value is -3.44. The summed E-state index contributed by atoms with van der Waals surface area (Å²) >= 11 is 0. The number of aryl methyl sites for hydroxylation is 1. The molecule has 3 aromatic rings. The summed E-state index contributed by atoms with van der Waals surface area (Å²) in [4.78, 5) is 28.0. The number of nitrogens with zero attached hydrogens (tertiary/aromatic N) is 4. The minimum Gasteiger partial charge on any atom is -0.352 e. The number of rotatable bonds is 8. The number of alkyl halides is 3.